The third kappa shape index (κ3) is 4.53. The molecule has 2 N–H and O–H groups in total. The van der Waals surface area contributed by atoms with E-state index in [0.717, 1.165) is 11.1 Å². The lowest BCUT2D eigenvalue weighted by molar-refractivity contribution is 0.112. The summed E-state index contributed by atoms with van der Waals surface area (Å²) in [4.78, 5) is 23.4. The molecular formula is C27H23NO5. The Morgan fingerprint density at radius 3 is 2.36 bits per heavy atom. The molecule has 0 bridgehead atoms. The van der Waals surface area contributed by atoms with Gasteiger partial charge in [0.05, 0.1) is 12.7 Å². The number of phenolic OH excluding ortho intramolecular Hbond substituents is 1. The zero-order valence-electron chi connectivity index (χ0n) is 18.1. The summed E-state index contributed by atoms with van der Waals surface area (Å²) in [5, 5.41) is 12.9. The van der Waals surface area contributed by atoms with Gasteiger partial charge in [-0.3, -0.25) is 4.79 Å². The molecule has 1 aliphatic rings. The number of hydrogen-bond acceptors (Lipinski definition) is 5. The van der Waals surface area contributed by atoms with Gasteiger partial charge in [-0.15, -0.1) is 0 Å². The monoisotopic (exact) mass is 441 g/mol. The number of benzene rings is 3. The molecule has 6 heteroatoms. The summed E-state index contributed by atoms with van der Waals surface area (Å²) in [6.45, 7) is 0.511. The standard InChI is InChI=1S/C27H23NO5/c1-32-25-14-13-18(16-29)19(26(25)30)8-6-7-15-28-27(31)33-17-24-22-11-4-2-9-20(22)21-10-3-5-12-23(21)24/h2-5,9-14,16,24,30H,7,15,17H2,1H3,(H,28,31). The summed E-state index contributed by atoms with van der Waals surface area (Å²) in [5.41, 5.74) is 5.12. The van der Waals surface area contributed by atoms with Crippen molar-refractivity contribution in [2.45, 2.75) is 12.3 Å². The number of ether oxygens (including phenoxy) is 2. The van der Waals surface area contributed by atoms with Crippen molar-refractivity contribution in [1.29, 1.82) is 0 Å². The van der Waals surface area contributed by atoms with Crippen LogP contribution in [0, 0.1) is 11.8 Å². The van der Waals surface area contributed by atoms with Crippen LogP contribution in [0.25, 0.3) is 11.1 Å². The van der Waals surface area contributed by atoms with Crippen molar-refractivity contribution in [3.63, 3.8) is 0 Å². The van der Waals surface area contributed by atoms with E-state index in [1.807, 2.05) is 24.3 Å². The molecule has 0 aliphatic heterocycles. The first kappa shape index (κ1) is 22.0. The van der Waals surface area contributed by atoms with Crippen LogP contribution in [0.1, 0.15) is 39.4 Å². The molecule has 0 saturated carbocycles. The van der Waals surface area contributed by atoms with Crippen molar-refractivity contribution in [2.24, 2.45) is 0 Å². The van der Waals surface area contributed by atoms with Gasteiger partial charge in [-0.05, 0) is 34.4 Å². The molecule has 1 aliphatic carbocycles. The Labute approximate surface area is 192 Å². The Hall–Kier alpha value is -4.24. The summed E-state index contributed by atoms with van der Waals surface area (Å²) in [6, 6.07) is 19.3. The summed E-state index contributed by atoms with van der Waals surface area (Å²) in [6.07, 6.45) is 0.425. The molecule has 0 saturated heterocycles. The number of aromatic hydroxyl groups is 1. The van der Waals surface area contributed by atoms with Crippen LogP contribution < -0.4 is 10.1 Å². The maximum Gasteiger partial charge on any atom is 0.407 e. The summed E-state index contributed by atoms with van der Waals surface area (Å²) in [7, 11) is 1.42. The van der Waals surface area contributed by atoms with Gasteiger partial charge >= 0.3 is 6.09 Å². The Kier molecular flexibility index (Phi) is 6.61. The topological polar surface area (TPSA) is 84.9 Å². The number of rotatable bonds is 6. The Bertz CT molecular complexity index is 1210. The van der Waals surface area contributed by atoms with Gasteiger partial charge in [0.25, 0.3) is 0 Å². The fourth-order valence-electron chi connectivity index (χ4n) is 4.01. The molecule has 0 aromatic heterocycles. The second-order valence-electron chi connectivity index (χ2n) is 7.50. The van der Waals surface area contributed by atoms with Gasteiger partial charge < -0.3 is 19.9 Å². The Morgan fingerprint density at radius 1 is 1.06 bits per heavy atom. The highest BCUT2D eigenvalue weighted by atomic mass is 16.5. The molecule has 3 aromatic rings. The predicted octanol–water partition coefficient (Wildman–Crippen LogP) is 4.49. The highest BCUT2D eigenvalue weighted by molar-refractivity contribution is 5.82. The van der Waals surface area contributed by atoms with E-state index in [2.05, 4.69) is 41.4 Å². The molecule has 166 valence electrons. The van der Waals surface area contributed by atoms with Crippen LogP contribution in [-0.4, -0.2) is 37.7 Å². The van der Waals surface area contributed by atoms with Gasteiger partial charge in [0.1, 0.15) is 6.61 Å². The van der Waals surface area contributed by atoms with Gasteiger partial charge in [0, 0.05) is 24.4 Å². The number of hydrogen-bond donors (Lipinski definition) is 2. The number of amides is 1. The zero-order valence-corrected chi connectivity index (χ0v) is 18.1. The number of nitrogens with one attached hydrogen (secondary N) is 1. The van der Waals surface area contributed by atoms with E-state index in [1.165, 1.54) is 30.4 Å². The molecule has 0 radical (unpaired) electrons. The van der Waals surface area contributed by atoms with E-state index >= 15 is 0 Å². The molecule has 33 heavy (non-hydrogen) atoms. The fourth-order valence-corrected chi connectivity index (χ4v) is 4.01. The van der Waals surface area contributed by atoms with Crippen LogP contribution in [0.3, 0.4) is 0 Å². The number of aldehydes is 1. The van der Waals surface area contributed by atoms with Gasteiger partial charge in [-0.2, -0.15) is 0 Å². The van der Waals surface area contributed by atoms with Crippen molar-refractivity contribution in [3.05, 3.63) is 82.9 Å². The second-order valence-corrected chi connectivity index (χ2v) is 7.50. The van der Waals surface area contributed by atoms with Crippen LogP contribution >= 0.6 is 0 Å². The zero-order chi connectivity index (χ0) is 23.2. The molecule has 0 heterocycles. The smallest absolute Gasteiger partial charge is 0.407 e. The van der Waals surface area contributed by atoms with Crippen molar-refractivity contribution in [2.75, 3.05) is 20.3 Å². The number of carbonyl (C=O) groups excluding carboxylic acids is 2. The first-order valence-electron chi connectivity index (χ1n) is 10.6. The molecule has 1 amide bonds. The number of alkyl carbamates (subject to hydrolysis) is 1. The van der Waals surface area contributed by atoms with E-state index in [4.69, 9.17) is 9.47 Å². The third-order valence-corrected chi connectivity index (χ3v) is 5.60. The lowest BCUT2D eigenvalue weighted by atomic mass is 9.98. The highest BCUT2D eigenvalue weighted by Crippen LogP contribution is 2.44. The van der Waals surface area contributed by atoms with Gasteiger partial charge in [0.2, 0.25) is 0 Å². The number of methoxy groups -OCH3 is 1. The largest absolute Gasteiger partial charge is 0.503 e. The van der Waals surface area contributed by atoms with Crippen LogP contribution in [0.4, 0.5) is 4.79 Å². The minimum atomic E-state index is -0.517. The molecule has 0 spiro atoms. The average Bonchev–Trinajstić information content (AvgIpc) is 3.17. The van der Waals surface area contributed by atoms with Crippen molar-refractivity contribution in [3.8, 4) is 34.5 Å². The number of fused-ring (bicyclic) bond motifs is 3. The van der Waals surface area contributed by atoms with Gasteiger partial charge in [-0.1, -0.05) is 60.4 Å². The van der Waals surface area contributed by atoms with Crippen LogP contribution in [0.15, 0.2) is 60.7 Å². The molecule has 0 fully saturated rings. The minimum Gasteiger partial charge on any atom is -0.503 e. The summed E-state index contributed by atoms with van der Waals surface area (Å²) >= 11 is 0. The SMILES string of the molecule is COc1ccc(C=O)c(C#CCCNC(=O)OCC2c3ccccc3-c3ccccc32)c1O. The lowest BCUT2D eigenvalue weighted by Gasteiger charge is -2.14. The predicted molar refractivity (Wildman–Crippen MR) is 125 cm³/mol. The first-order chi connectivity index (χ1) is 16.1. The maximum absolute atomic E-state index is 12.2. The molecule has 4 rings (SSSR count). The van der Waals surface area contributed by atoms with Crippen molar-refractivity contribution in [1.82, 2.24) is 5.32 Å². The molecular weight excluding hydrogens is 418 g/mol. The second kappa shape index (κ2) is 9.92. The highest BCUT2D eigenvalue weighted by Gasteiger charge is 2.28. The number of carbonyl (C=O) groups is 2. The van der Waals surface area contributed by atoms with E-state index in [0.29, 0.717) is 12.7 Å². The van der Waals surface area contributed by atoms with Crippen molar-refractivity contribution < 1.29 is 24.2 Å². The summed E-state index contributed by atoms with van der Waals surface area (Å²) < 4.78 is 10.5. The first-order valence-corrected chi connectivity index (χ1v) is 10.6. The van der Waals surface area contributed by atoms with Gasteiger partial charge in [-0.25, -0.2) is 4.79 Å². The Balaban J connectivity index is 1.32. The van der Waals surface area contributed by atoms with Crippen LogP contribution in [0.2, 0.25) is 0 Å². The molecule has 0 atom stereocenters. The van der Waals surface area contributed by atoms with E-state index < -0.39 is 6.09 Å². The average molecular weight is 441 g/mol. The van der Waals surface area contributed by atoms with Gasteiger partial charge in [0.15, 0.2) is 17.8 Å². The number of phenols is 1. The normalized spacial score (nSPS) is 11.5. The van der Waals surface area contributed by atoms with E-state index in [1.54, 1.807) is 0 Å². The minimum absolute atomic E-state index is 0.000685. The third-order valence-electron chi connectivity index (χ3n) is 5.60. The molecule has 0 unspecified atom stereocenters. The van der Waals surface area contributed by atoms with E-state index in [-0.39, 0.29) is 41.7 Å². The fraction of sp³-hybridized carbons (Fsp3) is 0.185. The summed E-state index contributed by atoms with van der Waals surface area (Å²) in [5.74, 6) is 5.69. The van der Waals surface area contributed by atoms with Crippen LogP contribution in [-0.2, 0) is 4.74 Å². The van der Waals surface area contributed by atoms with E-state index in [9.17, 15) is 14.7 Å². The van der Waals surface area contributed by atoms with Crippen molar-refractivity contribution >= 4 is 12.4 Å². The van der Waals surface area contributed by atoms with Crippen LogP contribution in [0.5, 0.6) is 11.5 Å². The quantitative estimate of drug-likeness (QED) is 0.334. The Morgan fingerprint density at radius 2 is 1.73 bits per heavy atom. The maximum atomic E-state index is 12.2. The molecule has 6 nitrogen and oxygen atoms in total. The lowest BCUT2D eigenvalue weighted by Crippen LogP contribution is -2.26. The molecule has 3 aromatic carbocycles.